The van der Waals surface area contributed by atoms with Crippen LogP contribution in [0.3, 0.4) is 0 Å². The first kappa shape index (κ1) is 23.4. The van der Waals surface area contributed by atoms with E-state index in [9.17, 15) is 14.4 Å². The highest BCUT2D eigenvalue weighted by Crippen LogP contribution is 2.29. The first-order valence-electron chi connectivity index (χ1n) is 10.9. The molecular formula is C23H22FN5O4S2. The number of halogens is 1. The van der Waals surface area contributed by atoms with Gasteiger partial charge in [0.25, 0.3) is 11.1 Å². The Morgan fingerprint density at radius 1 is 1.17 bits per heavy atom. The van der Waals surface area contributed by atoms with Gasteiger partial charge in [0.05, 0.1) is 33.6 Å². The van der Waals surface area contributed by atoms with Gasteiger partial charge in [0.2, 0.25) is 0 Å². The number of benzene rings is 2. The summed E-state index contributed by atoms with van der Waals surface area (Å²) in [5.74, 6) is -0.532. The number of piperazine rings is 1. The molecule has 0 radical (unpaired) electrons. The summed E-state index contributed by atoms with van der Waals surface area (Å²) in [6.07, 6.45) is -1.45. The van der Waals surface area contributed by atoms with E-state index in [1.807, 2.05) is 17.0 Å². The molecule has 0 N–H and O–H groups in total. The average Bonchev–Trinajstić information content (AvgIpc) is 3.49. The van der Waals surface area contributed by atoms with Crippen molar-refractivity contribution in [2.45, 2.75) is 6.23 Å². The zero-order valence-electron chi connectivity index (χ0n) is 18.8. The molecule has 5 rings (SSSR count). The van der Waals surface area contributed by atoms with Crippen molar-refractivity contribution in [3.8, 4) is 0 Å². The second kappa shape index (κ2) is 9.34. The summed E-state index contributed by atoms with van der Waals surface area (Å²) in [5.41, 5.74) is 3.98. The van der Waals surface area contributed by atoms with Crippen molar-refractivity contribution in [2.24, 2.45) is 0 Å². The third-order valence-electron chi connectivity index (χ3n) is 6.26. The van der Waals surface area contributed by atoms with E-state index < -0.39 is 23.4 Å². The maximum Gasteiger partial charge on any atom is 0.416 e. The number of thiol groups is 1. The second-order valence-electron chi connectivity index (χ2n) is 8.29. The summed E-state index contributed by atoms with van der Waals surface area (Å²) in [6.45, 7) is 1.96. The van der Waals surface area contributed by atoms with Crippen LogP contribution in [0.1, 0.15) is 10.4 Å². The average molecular weight is 516 g/mol. The number of anilines is 2. The minimum atomic E-state index is -0.794. The number of rotatable bonds is 4. The topological polar surface area (TPSA) is 86.3 Å². The molecule has 1 aromatic heterocycles. The van der Waals surface area contributed by atoms with Gasteiger partial charge in [-0.1, -0.05) is 12.6 Å². The number of fused-ring (bicyclic) bond motifs is 1. The van der Waals surface area contributed by atoms with E-state index >= 15 is 4.39 Å². The van der Waals surface area contributed by atoms with Crippen LogP contribution in [-0.2, 0) is 4.74 Å². The standard InChI is InChI=1S/C23H22FN5O4S2/c1-26(23(32)34)20-12-29(22(31)33-20)15-3-5-18(16(24)11-15)27-6-8-28(9-7-27)21(30)14-2-4-17-19(10-14)35-13-25-17/h2-5,10-11,13,20H,6-9,12H2,1H3,(H,32,34). The number of likely N-dealkylation sites (N-methyl/N-ethyl adjacent to an activating group) is 1. The van der Waals surface area contributed by atoms with Crippen molar-refractivity contribution in [2.75, 3.05) is 49.6 Å². The third kappa shape index (κ3) is 4.50. The fourth-order valence-corrected chi connectivity index (χ4v) is 5.07. The van der Waals surface area contributed by atoms with Crippen LogP contribution in [0.5, 0.6) is 0 Å². The lowest BCUT2D eigenvalue weighted by Crippen LogP contribution is -2.49. The van der Waals surface area contributed by atoms with Gasteiger partial charge in [0, 0.05) is 38.8 Å². The zero-order chi connectivity index (χ0) is 24.7. The Bertz CT molecular complexity index is 1310. The molecule has 0 saturated carbocycles. The Labute approximate surface area is 210 Å². The van der Waals surface area contributed by atoms with Crippen LogP contribution in [0.2, 0.25) is 0 Å². The van der Waals surface area contributed by atoms with Crippen LogP contribution in [0.4, 0.5) is 25.4 Å². The van der Waals surface area contributed by atoms with Crippen LogP contribution in [-0.4, -0.2) is 78.0 Å². The van der Waals surface area contributed by atoms with Gasteiger partial charge in [-0.15, -0.1) is 11.3 Å². The van der Waals surface area contributed by atoms with Crippen LogP contribution in [0.15, 0.2) is 41.9 Å². The smallest absolute Gasteiger partial charge is 0.416 e. The van der Waals surface area contributed by atoms with Gasteiger partial charge in [-0.3, -0.25) is 19.4 Å². The Morgan fingerprint density at radius 2 is 1.94 bits per heavy atom. The van der Waals surface area contributed by atoms with Crippen LogP contribution in [0, 0.1) is 5.82 Å². The van der Waals surface area contributed by atoms with E-state index in [-0.39, 0.29) is 12.5 Å². The van der Waals surface area contributed by atoms with E-state index in [1.165, 1.54) is 34.3 Å². The number of aromatic nitrogens is 1. The molecule has 9 nitrogen and oxygen atoms in total. The van der Waals surface area contributed by atoms with E-state index in [4.69, 9.17) is 4.74 Å². The first-order chi connectivity index (χ1) is 16.8. The molecule has 2 aliphatic heterocycles. The summed E-state index contributed by atoms with van der Waals surface area (Å²) < 4.78 is 21.2. The lowest BCUT2D eigenvalue weighted by molar-refractivity contribution is 0.0669. The molecule has 0 aliphatic carbocycles. The van der Waals surface area contributed by atoms with Crippen molar-refractivity contribution in [1.82, 2.24) is 14.8 Å². The number of amides is 3. The zero-order valence-corrected chi connectivity index (χ0v) is 20.5. The molecule has 3 aromatic rings. The van der Waals surface area contributed by atoms with Gasteiger partial charge in [0.1, 0.15) is 5.82 Å². The highest BCUT2D eigenvalue weighted by atomic mass is 32.1. The van der Waals surface area contributed by atoms with Gasteiger partial charge < -0.3 is 14.5 Å². The lowest BCUT2D eigenvalue weighted by atomic mass is 10.1. The number of carbonyl (C=O) groups is 3. The van der Waals surface area contributed by atoms with Gasteiger partial charge >= 0.3 is 6.09 Å². The summed E-state index contributed by atoms with van der Waals surface area (Å²) in [5, 5.41) is -0.534. The largest absolute Gasteiger partial charge is 0.423 e. The third-order valence-corrected chi connectivity index (χ3v) is 7.37. The van der Waals surface area contributed by atoms with E-state index in [1.54, 1.807) is 28.6 Å². The molecule has 35 heavy (non-hydrogen) atoms. The Morgan fingerprint density at radius 3 is 2.66 bits per heavy atom. The van der Waals surface area contributed by atoms with Gasteiger partial charge in [-0.05, 0) is 36.4 Å². The molecule has 12 heteroatoms. The Hall–Kier alpha value is -3.38. The molecular weight excluding hydrogens is 493 g/mol. The monoisotopic (exact) mass is 515 g/mol. The predicted octanol–water partition coefficient (Wildman–Crippen LogP) is 3.66. The minimum absolute atomic E-state index is 0.0532. The molecule has 2 aliphatic rings. The molecule has 182 valence electrons. The maximum atomic E-state index is 15.1. The number of hydrogen-bond donors (Lipinski definition) is 1. The van der Waals surface area contributed by atoms with Crippen LogP contribution < -0.4 is 9.80 Å². The normalized spacial score (nSPS) is 18.2. The first-order valence-corrected chi connectivity index (χ1v) is 12.3. The van der Waals surface area contributed by atoms with Gasteiger partial charge in [-0.2, -0.15) is 0 Å². The molecule has 1 atom stereocenters. The second-order valence-corrected chi connectivity index (χ2v) is 9.56. The molecule has 2 fully saturated rings. The number of nitrogens with zero attached hydrogens (tertiary/aromatic N) is 5. The Kier molecular flexibility index (Phi) is 6.24. The molecule has 2 saturated heterocycles. The van der Waals surface area contributed by atoms with Gasteiger partial charge in [0.15, 0.2) is 6.23 Å². The van der Waals surface area contributed by atoms with Gasteiger partial charge in [-0.25, -0.2) is 14.2 Å². The summed E-state index contributed by atoms with van der Waals surface area (Å²) in [6, 6.07) is 10.0. The van der Waals surface area contributed by atoms with Crippen molar-refractivity contribution >= 4 is 62.8 Å². The van der Waals surface area contributed by atoms with Crippen LogP contribution in [0.25, 0.3) is 10.2 Å². The molecule has 0 bridgehead atoms. The van der Waals surface area contributed by atoms with Crippen molar-refractivity contribution in [1.29, 1.82) is 0 Å². The summed E-state index contributed by atoms with van der Waals surface area (Å²) in [7, 11) is 1.47. The van der Waals surface area contributed by atoms with Crippen LogP contribution >= 0.6 is 24.0 Å². The number of ether oxygens (including phenoxy) is 1. The highest BCUT2D eigenvalue weighted by molar-refractivity contribution is 7.96. The maximum absolute atomic E-state index is 15.1. The predicted molar refractivity (Wildman–Crippen MR) is 134 cm³/mol. The lowest BCUT2D eigenvalue weighted by Gasteiger charge is -2.36. The molecule has 0 spiro atoms. The number of cyclic esters (lactones) is 1. The van der Waals surface area contributed by atoms with E-state index in [2.05, 4.69) is 17.6 Å². The molecule has 1 unspecified atom stereocenters. The SMILES string of the molecule is CN(C(=O)S)C1CN(c2ccc(N3CCN(C(=O)c4ccc5ncsc5c4)CC3)c(F)c2)C(=O)O1. The highest BCUT2D eigenvalue weighted by Gasteiger charge is 2.36. The van der Waals surface area contributed by atoms with Crippen molar-refractivity contribution in [3.63, 3.8) is 0 Å². The molecule has 3 amide bonds. The molecule has 2 aromatic carbocycles. The van der Waals surface area contributed by atoms with E-state index in [0.717, 1.165) is 10.2 Å². The quantitative estimate of drug-likeness (QED) is 0.534. The van der Waals surface area contributed by atoms with E-state index in [0.29, 0.717) is 43.1 Å². The Balaban J connectivity index is 1.23. The fraction of sp³-hybridized carbons (Fsp3) is 0.304. The summed E-state index contributed by atoms with van der Waals surface area (Å²) in [4.78, 5) is 47.0. The number of carbonyl (C=O) groups excluding carboxylic acids is 3. The van der Waals surface area contributed by atoms with Crippen molar-refractivity contribution in [3.05, 3.63) is 53.3 Å². The van der Waals surface area contributed by atoms with Crippen molar-refractivity contribution < 1.29 is 23.5 Å². The fourth-order valence-electron chi connectivity index (χ4n) is 4.22. The number of hydrogen-bond acceptors (Lipinski definition) is 7. The minimum Gasteiger partial charge on any atom is -0.423 e. The number of thiazole rings is 1. The molecule has 3 heterocycles. The summed E-state index contributed by atoms with van der Waals surface area (Å²) >= 11 is 5.23.